The molecule has 2 aromatic heterocycles. The van der Waals surface area contributed by atoms with Gasteiger partial charge < -0.3 is 10.7 Å². The van der Waals surface area contributed by atoms with Crippen LogP contribution in [-0.4, -0.2) is 11.5 Å². The number of nitrogens with two attached hydrogens (primary N) is 1. The van der Waals surface area contributed by atoms with Gasteiger partial charge in [0.15, 0.2) is 0 Å². The quantitative estimate of drug-likeness (QED) is 0.425. The second-order valence-electron chi connectivity index (χ2n) is 6.04. The molecular formula is C20H19ClN2S. The lowest BCUT2D eigenvalue weighted by atomic mass is 10.0. The first-order chi connectivity index (χ1) is 11.8. The van der Waals surface area contributed by atoms with Crippen molar-refractivity contribution >= 4 is 44.6 Å². The second kappa shape index (κ2) is 6.60. The molecule has 0 aliphatic heterocycles. The highest BCUT2D eigenvalue weighted by Gasteiger charge is 2.16. The van der Waals surface area contributed by atoms with Gasteiger partial charge in [0.1, 0.15) is 0 Å². The molecule has 3 N–H and O–H groups in total. The molecule has 24 heavy (non-hydrogen) atoms. The molecule has 0 unspecified atom stereocenters. The van der Waals surface area contributed by atoms with Crippen LogP contribution in [0.5, 0.6) is 0 Å². The van der Waals surface area contributed by atoms with E-state index in [0.717, 1.165) is 30.1 Å². The number of aryl methyl sites for hydroxylation is 1. The van der Waals surface area contributed by atoms with Crippen molar-refractivity contribution in [3.63, 3.8) is 0 Å². The molecule has 2 aromatic carbocycles. The summed E-state index contributed by atoms with van der Waals surface area (Å²) in [5.74, 6) is 0. The van der Waals surface area contributed by atoms with Crippen molar-refractivity contribution in [3.8, 4) is 10.6 Å². The topological polar surface area (TPSA) is 41.8 Å². The number of unbranched alkanes of at least 4 members (excludes halogenated alkanes) is 1. The van der Waals surface area contributed by atoms with Crippen LogP contribution in [0, 0.1) is 0 Å². The average molecular weight is 355 g/mol. The fraction of sp³-hybridized carbons (Fsp3) is 0.200. The van der Waals surface area contributed by atoms with Crippen LogP contribution in [0.2, 0.25) is 4.34 Å². The molecule has 2 nitrogen and oxygen atoms in total. The van der Waals surface area contributed by atoms with Gasteiger partial charge in [0.05, 0.1) is 20.4 Å². The van der Waals surface area contributed by atoms with E-state index in [2.05, 4.69) is 47.4 Å². The standard InChI is InChI=1S/C20H19ClN2S/c21-18-11-10-17(24-18)20-15(7-3-4-12-22)16-9-8-13-5-1-2-6-14(13)19(16)23-20/h1-2,5-6,8-11,23H,3-4,7,12,22H2. The van der Waals surface area contributed by atoms with Gasteiger partial charge in [-0.3, -0.25) is 0 Å². The second-order valence-corrected chi connectivity index (χ2v) is 7.75. The van der Waals surface area contributed by atoms with Gasteiger partial charge in [-0.05, 0) is 48.9 Å². The number of aromatic nitrogens is 1. The number of aromatic amines is 1. The maximum atomic E-state index is 6.17. The molecule has 0 bridgehead atoms. The van der Waals surface area contributed by atoms with Crippen LogP contribution in [0.15, 0.2) is 48.5 Å². The molecule has 0 saturated carbocycles. The summed E-state index contributed by atoms with van der Waals surface area (Å²) in [4.78, 5) is 4.88. The lowest BCUT2D eigenvalue weighted by molar-refractivity contribution is 0.748. The third kappa shape index (κ3) is 2.73. The summed E-state index contributed by atoms with van der Waals surface area (Å²) in [7, 11) is 0. The Bertz CT molecular complexity index is 999. The normalized spacial score (nSPS) is 11.6. The highest BCUT2D eigenvalue weighted by molar-refractivity contribution is 7.19. The maximum absolute atomic E-state index is 6.17. The molecule has 4 aromatic rings. The molecule has 0 saturated heterocycles. The molecule has 0 spiro atoms. The van der Waals surface area contributed by atoms with Crippen molar-refractivity contribution in [2.75, 3.05) is 6.54 Å². The summed E-state index contributed by atoms with van der Waals surface area (Å²) >= 11 is 7.80. The highest BCUT2D eigenvalue weighted by atomic mass is 35.5. The molecule has 0 fully saturated rings. The molecule has 0 radical (unpaired) electrons. The van der Waals surface area contributed by atoms with Gasteiger partial charge >= 0.3 is 0 Å². The number of halogens is 1. The molecule has 0 aliphatic carbocycles. The van der Waals surface area contributed by atoms with Crippen LogP contribution in [0.3, 0.4) is 0 Å². The Kier molecular flexibility index (Phi) is 4.31. The molecule has 0 aliphatic rings. The lowest BCUT2D eigenvalue weighted by Crippen LogP contribution is -1.99. The number of nitrogens with one attached hydrogen (secondary N) is 1. The molecule has 2 heterocycles. The number of fused-ring (bicyclic) bond motifs is 3. The smallest absolute Gasteiger partial charge is 0.0935 e. The number of benzene rings is 2. The number of thiophene rings is 1. The van der Waals surface area contributed by atoms with E-state index >= 15 is 0 Å². The Hall–Kier alpha value is -1.81. The van der Waals surface area contributed by atoms with Crippen LogP contribution in [0.25, 0.3) is 32.2 Å². The SMILES string of the molecule is NCCCCc1c(-c2ccc(Cl)s2)[nH]c2c1ccc1ccccc12. The van der Waals surface area contributed by atoms with Gasteiger partial charge in [-0.1, -0.05) is 48.0 Å². The van der Waals surface area contributed by atoms with Crippen LogP contribution in [0.4, 0.5) is 0 Å². The monoisotopic (exact) mass is 354 g/mol. The first-order valence-corrected chi connectivity index (χ1v) is 9.45. The number of hydrogen-bond donors (Lipinski definition) is 2. The Morgan fingerprint density at radius 1 is 0.958 bits per heavy atom. The molecule has 122 valence electrons. The summed E-state index contributed by atoms with van der Waals surface area (Å²) in [6, 6.07) is 17.0. The summed E-state index contributed by atoms with van der Waals surface area (Å²) in [5, 5.41) is 3.84. The average Bonchev–Trinajstić information content (AvgIpc) is 3.19. The van der Waals surface area contributed by atoms with Crippen molar-refractivity contribution < 1.29 is 0 Å². The Balaban J connectivity index is 1.94. The fourth-order valence-electron chi connectivity index (χ4n) is 3.36. The number of rotatable bonds is 5. The van der Waals surface area contributed by atoms with E-state index in [-0.39, 0.29) is 0 Å². The largest absolute Gasteiger partial charge is 0.353 e. The zero-order valence-electron chi connectivity index (χ0n) is 13.3. The summed E-state index contributed by atoms with van der Waals surface area (Å²) in [6.45, 7) is 0.742. The summed E-state index contributed by atoms with van der Waals surface area (Å²) in [6.07, 6.45) is 3.17. The van der Waals surface area contributed by atoms with Crippen molar-refractivity contribution in [1.29, 1.82) is 0 Å². The van der Waals surface area contributed by atoms with Crippen LogP contribution >= 0.6 is 22.9 Å². The lowest BCUT2D eigenvalue weighted by Gasteiger charge is -2.03. The highest BCUT2D eigenvalue weighted by Crippen LogP contribution is 2.38. The van der Waals surface area contributed by atoms with Gasteiger partial charge in [0.2, 0.25) is 0 Å². The summed E-state index contributed by atoms with van der Waals surface area (Å²) in [5.41, 5.74) is 9.48. The maximum Gasteiger partial charge on any atom is 0.0935 e. The van der Waals surface area contributed by atoms with E-state index < -0.39 is 0 Å². The van der Waals surface area contributed by atoms with Crippen LogP contribution in [0.1, 0.15) is 18.4 Å². The molecular weight excluding hydrogens is 336 g/mol. The predicted octanol–water partition coefficient (Wildman–Crippen LogP) is 5.98. The van der Waals surface area contributed by atoms with Gasteiger partial charge in [-0.2, -0.15) is 0 Å². The molecule has 4 rings (SSSR count). The van der Waals surface area contributed by atoms with Gasteiger partial charge in [-0.25, -0.2) is 0 Å². The Morgan fingerprint density at radius 2 is 1.83 bits per heavy atom. The zero-order valence-corrected chi connectivity index (χ0v) is 14.9. The Morgan fingerprint density at radius 3 is 2.62 bits per heavy atom. The molecule has 0 atom stereocenters. The van der Waals surface area contributed by atoms with Crippen LogP contribution < -0.4 is 5.73 Å². The summed E-state index contributed by atoms with van der Waals surface area (Å²) < 4.78 is 0.821. The predicted molar refractivity (Wildman–Crippen MR) is 106 cm³/mol. The van der Waals surface area contributed by atoms with Gasteiger partial charge in [-0.15, -0.1) is 11.3 Å². The molecule has 4 heteroatoms. The third-order valence-corrected chi connectivity index (χ3v) is 5.76. The first kappa shape index (κ1) is 15.7. The van der Waals surface area contributed by atoms with Crippen molar-refractivity contribution in [1.82, 2.24) is 4.98 Å². The number of hydrogen-bond acceptors (Lipinski definition) is 2. The van der Waals surface area contributed by atoms with E-state index in [0.29, 0.717) is 0 Å². The third-order valence-electron chi connectivity index (χ3n) is 4.51. The van der Waals surface area contributed by atoms with E-state index in [1.807, 2.05) is 6.07 Å². The minimum absolute atomic E-state index is 0.742. The Labute approximate surface area is 150 Å². The van der Waals surface area contributed by atoms with E-state index in [9.17, 15) is 0 Å². The number of H-pyrrole nitrogens is 1. The van der Waals surface area contributed by atoms with Crippen LogP contribution in [-0.2, 0) is 6.42 Å². The minimum Gasteiger partial charge on any atom is -0.353 e. The zero-order chi connectivity index (χ0) is 16.5. The van der Waals surface area contributed by atoms with Gasteiger partial charge in [0.25, 0.3) is 0 Å². The van der Waals surface area contributed by atoms with E-state index in [1.54, 1.807) is 11.3 Å². The van der Waals surface area contributed by atoms with Crippen molar-refractivity contribution in [3.05, 3.63) is 58.4 Å². The van der Waals surface area contributed by atoms with E-state index in [4.69, 9.17) is 17.3 Å². The fourth-order valence-corrected chi connectivity index (χ4v) is 4.43. The molecule has 0 amide bonds. The minimum atomic E-state index is 0.742. The van der Waals surface area contributed by atoms with Gasteiger partial charge in [0, 0.05) is 10.8 Å². The van der Waals surface area contributed by atoms with Crippen molar-refractivity contribution in [2.45, 2.75) is 19.3 Å². The van der Waals surface area contributed by atoms with Crippen molar-refractivity contribution in [2.24, 2.45) is 5.73 Å². The van der Waals surface area contributed by atoms with E-state index in [1.165, 1.54) is 37.8 Å². The first-order valence-electron chi connectivity index (χ1n) is 8.26.